The molecule has 0 aliphatic rings. The van der Waals surface area contributed by atoms with Crippen LogP contribution in [0.2, 0.25) is 0 Å². The van der Waals surface area contributed by atoms with E-state index in [1.54, 1.807) is 13.3 Å². The van der Waals surface area contributed by atoms with Crippen LogP contribution in [-0.2, 0) is 12.8 Å². The zero-order chi connectivity index (χ0) is 17.0. The molecule has 1 aromatic carbocycles. The molecule has 1 heterocycles. The van der Waals surface area contributed by atoms with E-state index in [0.29, 0.717) is 0 Å². The van der Waals surface area contributed by atoms with Gasteiger partial charge in [-0.1, -0.05) is 19.1 Å². The molecule has 0 fully saturated rings. The summed E-state index contributed by atoms with van der Waals surface area (Å²) in [5, 5.41) is 6.62. The fourth-order valence-electron chi connectivity index (χ4n) is 2.32. The number of aliphatic imine (C=N–C) groups is 1. The summed E-state index contributed by atoms with van der Waals surface area (Å²) < 4.78 is 11.0. The summed E-state index contributed by atoms with van der Waals surface area (Å²) in [4.78, 5) is 4.24. The molecular weight excluding hydrogens is 302 g/mol. The first-order valence-corrected chi connectivity index (χ1v) is 8.50. The Hall–Kier alpha value is -2.43. The molecule has 2 N–H and O–H groups in total. The van der Waals surface area contributed by atoms with Crippen LogP contribution >= 0.6 is 0 Å². The highest BCUT2D eigenvalue weighted by Gasteiger charge is 2.01. The van der Waals surface area contributed by atoms with Crippen LogP contribution < -0.4 is 15.4 Å². The van der Waals surface area contributed by atoms with E-state index >= 15 is 0 Å². The van der Waals surface area contributed by atoms with Crippen molar-refractivity contribution in [2.45, 2.75) is 26.2 Å². The number of hydrogen-bond donors (Lipinski definition) is 2. The normalized spacial score (nSPS) is 11.3. The van der Waals surface area contributed by atoms with E-state index in [-0.39, 0.29) is 0 Å². The Labute approximate surface area is 144 Å². The molecule has 0 aliphatic heterocycles. The molecule has 2 rings (SSSR count). The number of benzene rings is 1. The van der Waals surface area contributed by atoms with Gasteiger partial charge in [0.05, 0.1) is 12.9 Å². The van der Waals surface area contributed by atoms with Gasteiger partial charge in [-0.3, -0.25) is 4.99 Å². The van der Waals surface area contributed by atoms with E-state index < -0.39 is 0 Å². The first-order chi connectivity index (χ1) is 11.8. The average molecular weight is 329 g/mol. The summed E-state index contributed by atoms with van der Waals surface area (Å²) in [5.41, 5.74) is 1.25. The molecule has 1 aromatic heterocycles. The molecule has 5 nitrogen and oxygen atoms in total. The van der Waals surface area contributed by atoms with Gasteiger partial charge in [-0.05, 0) is 42.7 Å². The third kappa shape index (κ3) is 6.36. The minimum atomic E-state index is 0.758. The maximum atomic E-state index is 5.67. The molecule has 2 aromatic rings. The monoisotopic (exact) mass is 329 g/mol. The summed E-state index contributed by atoms with van der Waals surface area (Å²) in [6, 6.07) is 12.1. The van der Waals surface area contributed by atoms with Gasteiger partial charge < -0.3 is 19.8 Å². The van der Waals surface area contributed by atoms with Crippen LogP contribution in [-0.4, -0.2) is 32.7 Å². The average Bonchev–Trinajstić information content (AvgIpc) is 3.12. The highest BCUT2D eigenvalue weighted by molar-refractivity contribution is 5.79. The van der Waals surface area contributed by atoms with Gasteiger partial charge >= 0.3 is 0 Å². The number of ether oxygens (including phenoxy) is 1. The van der Waals surface area contributed by atoms with Crippen molar-refractivity contribution in [3.63, 3.8) is 0 Å². The molecule has 0 aliphatic carbocycles. The van der Waals surface area contributed by atoms with Crippen molar-refractivity contribution >= 4 is 5.96 Å². The molecule has 0 unspecified atom stereocenters. The largest absolute Gasteiger partial charge is 0.494 e. The Morgan fingerprint density at radius 3 is 2.67 bits per heavy atom. The molecule has 0 spiro atoms. The quantitative estimate of drug-likeness (QED) is 0.548. The lowest BCUT2D eigenvalue weighted by molar-refractivity contribution is 0.317. The zero-order valence-electron chi connectivity index (χ0n) is 14.5. The Balaban J connectivity index is 1.69. The first-order valence-electron chi connectivity index (χ1n) is 8.50. The summed E-state index contributed by atoms with van der Waals surface area (Å²) in [6.45, 7) is 4.47. The Bertz CT molecular complexity index is 609. The highest BCUT2D eigenvalue weighted by Crippen LogP contribution is 2.13. The molecule has 0 bridgehead atoms. The van der Waals surface area contributed by atoms with Gasteiger partial charge in [-0.15, -0.1) is 0 Å². The van der Waals surface area contributed by atoms with Crippen molar-refractivity contribution in [1.29, 1.82) is 0 Å². The van der Waals surface area contributed by atoms with Gasteiger partial charge in [0, 0.05) is 26.6 Å². The van der Waals surface area contributed by atoms with Crippen LogP contribution in [0.5, 0.6) is 5.75 Å². The molecule has 0 radical (unpaired) electrons. The predicted octanol–water partition coefficient (Wildman–Crippen LogP) is 3.02. The molecule has 0 saturated carbocycles. The van der Waals surface area contributed by atoms with Crippen LogP contribution in [0, 0.1) is 0 Å². The van der Waals surface area contributed by atoms with Crippen molar-refractivity contribution in [2.24, 2.45) is 4.99 Å². The molecule has 0 atom stereocenters. The summed E-state index contributed by atoms with van der Waals surface area (Å²) in [6.07, 6.45) is 4.47. The van der Waals surface area contributed by atoms with Crippen LogP contribution in [0.1, 0.15) is 24.7 Å². The lowest BCUT2D eigenvalue weighted by Gasteiger charge is -2.12. The Morgan fingerprint density at radius 1 is 1.12 bits per heavy atom. The van der Waals surface area contributed by atoms with Crippen LogP contribution in [0.3, 0.4) is 0 Å². The summed E-state index contributed by atoms with van der Waals surface area (Å²) in [7, 11) is 1.78. The van der Waals surface area contributed by atoms with Gasteiger partial charge in [0.15, 0.2) is 5.96 Å². The standard InChI is InChI=1S/C19H27N3O2/c1-3-13-23-18-7-4-6-16(15-18)9-11-21-19(20-2)22-12-10-17-8-5-14-24-17/h4-8,14-15H,3,9-13H2,1-2H3,(H2,20,21,22). The number of nitrogens with zero attached hydrogens (tertiary/aromatic N) is 1. The Morgan fingerprint density at radius 2 is 1.96 bits per heavy atom. The van der Waals surface area contributed by atoms with Crippen molar-refractivity contribution in [3.8, 4) is 5.75 Å². The molecule has 5 heteroatoms. The van der Waals surface area contributed by atoms with E-state index in [4.69, 9.17) is 9.15 Å². The van der Waals surface area contributed by atoms with E-state index in [9.17, 15) is 0 Å². The van der Waals surface area contributed by atoms with Crippen molar-refractivity contribution in [1.82, 2.24) is 10.6 Å². The lowest BCUT2D eigenvalue weighted by Crippen LogP contribution is -2.39. The topological polar surface area (TPSA) is 58.8 Å². The van der Waals surface area contributed by atoms with Crippen LogP contribution in [0.15, 0.2) is 52.1 Å². The van der Waals surface area contributed by atoms with Crippen LogP contribution in [0.25, 0.3) is 0 Å². The number of nitrogens with one attached hydrogen (secondary N) is 2. The first kappa shape index (κ1) is 17.9. The molecule has 0 amide bonds. The fraction of sp³-hybridized carbons (Fsp3) is 0.421. The number of guanidine groups is 1. The second-order valence-electron chi connectivity index (χ2n) is 5.50. The Kier molecular flexibility index (Phi) is 7.74. The van der Waals surface area contributed by atoms with Gasteiger partial charge in [0.2, 0.25) is 0 Å². The van der Waals surface area contributed by atoms with Gasteiger partial charge in [0.25, 0.3) is 0 Å². The molecule has 0 saturated heterocycles. The summed E-state index contributed by atoms with van der Waals surface area (Å²) in [5.74, 6) is 2.72. The van der Waals surface area contributed by atoms with Crippen molar-refractivity contribution < 1.29 is 9.15 Å². The molecular formula is C19H27N3O2. The number of hydrogen-bond acceptors (Lipinski definition) is 3. The SMILES string of the molecule is CCCOc1cccc(CCNC(=NC)NCCc2ccco2)c1. The van der Waals surface area contributed by atoms with Crippen molar-refractivity contribution in [2.75, 3.05) is 26.7 Å². The zero-order valence-corrected chi connectivity index (χ0v) is 14.5. The van der Waals surface area contributed by atoms with Gasteiger partial charge in [-0.2, -0.15) is 0 Å². The number of furan rings is 1. The smallest absolute Gasteiger partial charge is 0.191 e. The molecule has 130 valence electrons. The third-order valence-electron chi connectivity index (χ3n) is 3.54. The van der Waals surface area contributed by atoms with Gasteiger partial charge in [-0.25, -0.2) is 0 Å². The third-order valence-corrected chi connectivity index (χ3v) is 3.54. The van der Waals surface area contributed by atoms with Gasteiger partial charge in [0.1, 0.15) is 11.5 Å². The number of rotatable bonds is 9. The minimum Gasteiger partial charge on any atom is -0.494 e. The van der Waals surface area contributed by atoms with E-state index in [1.807, 2.05) is 24.3 Å². The van der Waals surface area contributed by atoms with Crippen molar-refractivity contribution in [3.05, 3.63) is 54.0 Å². The van der Waals surface area contributed by atoms with E-state index in [2.05, 4.69) is 34.7 Å². The fourth-order valence-corrected chi connectivity index (χ4v) is 2.32. The predicted molar refractivity (Wildman–Crippen MR) is 97.7 cm³/mol. The maximum absolute atomic E-state index is 5.67. The van der Waals surface area contributed by atoms with Crippen LogP contribution in [0.4, 0.5) is 0 Å². The van der Waals surface area contributed by atoms with E-state index in [0.717, 1.165) is 56.4 Å². The van der Waals surface area contributed by atoms with E-state index in [1.165, 1.54) is 5.56 Å². The maximum Gasteiger partial charge on any atom is 0.191 e. The summed E-state index contributed by atoms with van der Waals surface area (Å²) >= 11 is 0. The lowest BCUT2D eigenvalue weighted by atomic mass is 10.1. The highest BCUT2D eigenvalue weighted by atomic mass is 16.5. The second kappa shape index (κ2) is 10.4. The molecule has 24 heavy (non-hydrogen) atoms. The second-order valence-corrected chi connectivity index (χ2v) is 5.50. The minimum absolute atomic E-state index is 0.758.